The smallest absolute Gasteiger partial charge is 0.248 e. The minimum absolute atomic E-state index is 0.340. The third-order valence-corrected chi connectivity index (χ3v) is 2.90. The fourth-order valence-corrected chi connectivity index (χ4v) is 1.76. The van der Waals surface area contributed by atoms with Gasteiger partial charge < -0.3 is 16.2 Å². The molecule has 0 atom stereocenters. The molecule has 2 aromatic carbocycles. The van der Waals surface area contributed by atoms with Crippen LogP contribution < -0.4 is 16.2 Å². The monoisotopic (exact) mass is 276 g/mol. The van der Waals surface area contributed by atoms with E-state index in [4.69, 9.17) is 27.8 Å². The van der Waals surface area contributed by atoms with E-state index < -0.39 is 5.91 Å². The number of hydrogen-bond acceptors (Lipinski definition) is 3. The average Bonchev–Trinajstić information content (AvgIpc) is 2.36. The number of carbonyl (C=O) groups excluding carboxylic acids is 1. The molecule has 4 nitrogen and oxygen atoms in total. The van der Waals surface area contributed by atoms with Crippen molar-refractivity contribution in [3.8, 4) is 11.5 Å². The molecular weight excluding hydrogens is 264 g/mol. The normalized spacial score (nSPS) is 10.2. The van der Waals surface area contributed by atoms with E-state index in [0.717, 1.165) is 5.56 Å². The van der Waals surface area contributed by atoms with Crippen LogP contribution in [0.3, 0.4) is 0 Å². The number of aryl methyl sites for hydroxylation is 1. The Labute approximate surface area is 115 Å². The molecule has 0 saturated heterocycles. The standard InChI is InChI=1S/C14H13ClN2O2/c1-8-2-4-10(15)7-13(8)19-12-5-3-9(14(17)18)6-11(12)16/h2-7H,16H2,1H3,(H2,17,18). The number of rotatable bonds is 3. The maximum atomic E-state index is 11.0. The molecule has 98 valence electrons. The topological polar surface area (TPSA) is 78.3 Å². The zero-order chi connectivity index (χ0) is 14.0. The van der Waals surface area contributed by atoms with Gasteiger partial charge in [0.1, 0.15) is 11.5 Å². The highest BCUT2D eigenvalue weighted by molar-refractivity contribution is 6.30. The highest BCUT2D eigenvalue weighted by atomic mass is 35.5. The number of hydrogen-bond donors (Lipinski definition) is 2. The van der Waals surface area contributed by atoms with Gasteiger partial charge in [0, 0.05) is 10.6 Å². The summed E-state index contributed by atoms with van der Waals surface area (Å²) >= 11 is 5.92. The van der Waals surface area contributed by atoms with Gasteiger partial charge in [0.25, 0.3) is 0 Å². The zero-order valence-corrected chi connectivity index (χ0v) is 11.1. The SMILES string of the molecule is Cc1ccc(Cl)cc1Oc1ccc(C(N)=O)cc1N. The summed E-state index contributed by atoms with van der Waals surface area (Å²) in [7, 11) is 0. The number of amides is 1. The summed E-state index contributed by atoms with van der Waals surface area (Å²) in [6.45, 7) is 1.90. The van der Waals surface area contributed by atoms with Crippen LogP contribution in [-0.4, -0.2) is 5.91 Å². The summed E-state index contributed by atoms with van der Waals surface area (Å²) in [5.74, 6) is 0.540. The van der Waals surface area contributed by atoms with E-state index in [1.54, 1.807) is 24.3 Å². The minimum Gasteiger partial charge on any atom is -0.455 e. The lowest BCUT2D eigenvalue weighted by Gasteiger charge is -2.11. The first kappa shape index (κ1) is 13.2. The summed E-state index contributed by atoms with van der Waals surface area (Å²) < 4.78 is 5.69. The molecule has 0 saturated carbocycles. The van der Waals surface area contributed by atoms with E-state index in [1.807, 2.05) is 13.0 Å². The number of nitrogens with two attached hydrogens (primary N) is 2. The van der Waals surface area contributed by atoms with Gasteiger partial charge in [-0.3, -0.25) is 4.79 Å². The summed E-state index contributed by atoms with van der Waals surface area (Å²) in [4.78, 5) is 11.0. The van der Waals surface area contributed by atoms with Gasteiger partial charge in [0.2, 0.25) is 5.91 Å². The number of anilines is 1. The van der Waals surface area contributed by atoms with Crippen LogP contribution in [-0.2, 0) is 0 Å². The molecule has 0 aliphatic carbocycles. The second-order valence-electron chi connectivity index (χ2n) is 4.13. The first-order valence-corrected chi connectivity index (χ1v) is 5.98. The van der Waals surface area contributed by atoms with Gasteiger partial charge in [-0.05, 0) is 42.8 Å². The zero-order valence-electron chi connectivity index (χ0n) is 10.3. The number of carbonyl (C=O) groups is 1. The van der Waals surface area contributed by atoms with Crippen molar-refractivity contribution in [3.05, 3.63) is 52.5 Å². The van der Waals surface area contributed by atoms with Crippen LogP contribution in [0.25, 0.3) is 0 Å². The van der Waals surface area contributed by atoms with Gasteiger partial charge in [-0.1, -0.05) is 17.7 Å². The molecule has 0 radical (unpaired) electrons. The van der Waals surface area contributed by atoms with E-state index in [0.29, 0.717) is 27.8 Å². The number of ether oxygens (including phenoxy) is 1. The largest absolute Gasteiger partial charge is 0.455 e. The molecule has 2 rings (SSSR count). The van der Waals surface area contributed by atoms with Gasteiger partial charge in [0.15, 0.2) is 0 Å². The molecule has 19 heavy (non-hydrogen) atoms. The predicted molar refractivity (Wildman–Crippen MR) is 75.6 cm³/mol. The first-order chi connectivity index (χ1) is 8.97. The number of primary amides is 1. The highest BCUT2D eigenvalue weighted by Crippen LogP contribution is 2.31. The Morgan fingerprint density at radius 3 is 2.53 bits per heavy atom. The average molecular weight is 277 g/mol. The maximum Gasteiger partial charge on any atom is 0.248 e. The molecule has 4 N–H and O–H groups in total. The summed E-state index contributed by atoms with van der Waals surface area (Å²) in [6.07, 6.45) is 0. The first-order valence-electron chi connectivity index (χ1n) is 5.60. The van der Waals surface area contributed by atoms with Crippen molar-refractivity contribution in [1.29, 1.82) is 0 Å². The molecule has 0 heterocycles. The van der Waals surface area contributed by atoms with Crippen LogP contribution in [0.15, 0.2) is 36.4 Å². The molecule has 0 aliphatic heterocycles. The number of benzene rings is 2. The Kier molecular flexibility index (Phi) is 3.62. The minimum atomic E-state index is -0.530. The van der Waals surface area contributed by atoms with Crippen LogP contribution in [0, 0.1) is 6.92 Å². The van der Waals surface area contributed by atoms with Crippen molar-refractivity contribution >= 4 is 23.2 Å². The van der Waals surface area contributed by atoms with Crippen molar-refractivity contribution < 1.29 is 9.53 Å². The molecule has 0 aliphatic rings. The molecule has 0 spiro atoms. The Balaban J connectivity index is 2.33. The van der Waals surface area contributed by atoms with Crippen molar-refractivity contribution in [2.24, 2.45) is 5.73 Å². The van der Waals surface area contributed by atoms with Crippen LogP contribution in [0.4, 0.5) is 5.69 Å². The van der Waals surface area contributed by atoms with Crippen molar-refractivity contribution in [1.82, 2.24) is 0 Å². The molecule has 0 bridgehead atoms. The maximum absolute atomic E-state index is 11.0. The van der Waals surface area contributed by atoms with Crippen molar-refractivity contribution in [3.63, 3.8) is 0 Å². The van der Waals surface area contributed by atoms with Crippen LogP contribution >= 0.6 is 11.6 Å². The van der Waals surface area contributed by atoms with E-state index >= 15 is 0 Å². The molecule has 1 amide bonds. The fourth-order valence-electron chi connectivity index (χ4n) is 1.60. The second kappa shape index (κ2) is 5.20. The van der Waals surface area contributed by atoms with E-state index in [1.165, 1.54) is 6.07 Å². The van der Waals surface area contributed by atoms with Gasteiger partial charge in [-0.15, -0.1) is 0 Å². The van der Waals surface area contributed by atoms with Crippen LogP contribution in [0.1, 0.15) is 15.9 Å². The summed E-state index contributed by atoms with van der Waals surface area (Å²) in [5, 5.41) is 0.577. The van der Waals surface area contributed by atoms with E-state index in [9.17, 15) is 4.79 Å². The quantitative estimate of drug-likeness (QED) is 0.846. The Hall–Kier alpha value is -2.20. The van der Waals surface area contributed by atoms with Crippen LogP contribution in [0.2, 0.25) is 5.02 Å². The highest BCUT2D eigenvalue weighted by Gasteiger charge is 2.08. The Morgan fingerprint density at radius 2 is 1.89 bits per heavy atom. The van der Waals surface area contributed by atoms with Gasteiger partial charge in [-0.25, -0.2) is 0 Å². The number of nitrogen functional groups attached to an aromatic ring is 1. The lowest BCUT2D eigenvalue weighted by Crippen LogP contribution is -2.11. The summed E-state index contributed by atoms with van der Waals surface area (Å²) in [6, 6.07) is 9.99. The van der Waals surface area contributed by atoms with Crippen molar-refractivity contribution in [2.75, 3.05) is 5.73 Å². The van der Waals surface area contributed by atoms with E-state index in [2.05, 4.69) is 0 Å². The second-order valence-corrected chi connectivity index (χ2v) is 4.57. The van der Waals surface area contributed by atoms with Gasteiger partial charge >= 0.3 is 0 Å². The molecule has 2 aromatic rings. The van der Waals surface area contributed by atoms with Gasteiger partial charge in [-0.2, -0.15) is 0 Å². The predicted octanol–water partition coefficient (Wildman–Crippen LogP) is 3.12. The van der Waals surface area contributed by atoms with Crippen LogP contribution in [0.5, 0.6) is 11.5 Å². The third-order valence-electron chi connectivity index (χ3n) is 2.66. The summed E-state index contributed by atoms with van der Waals surface area (Å²) in [5.41, 5.74) is 12.6. The molecule has 0 unspecified atom stereocenters. The third kappa shape index (κ3) is 2.98. The van der Waals surface area contributed by atoms with Gasteiger partial charge in [0.05, 0.1) is 5.69 Å². The Morgan fingerprint density at radius 1 is 1.16 bits per heavy atom. The molecule has 0 aromatic heterocycles. The Bertz CT molecular complexity index is 641. The molecule has 5 heteroatoms. The number of halogens is 1. The van der Waals surface area contributed by atoms with E-state index in [-0.39, 0.29) is 0 Å². The lowest BCUT2D eigenvalue weighted by molar-refractivity contribution is 0.100. The lowest BCUT2D eigenvalue weighted by atomic mass is 10.1. The fraction of sp³-hybridized carbons (Fsp3) is 0.0714. The molecular formula is C14H13ClN2O2. The van der Waals surface area contributed by atoms with Crippen molar-refractivity contribution in [2.45, 2.75) is 6.92 Å². The molecule has 0 fully saturated rings.